The summed E-state index contributed by atoms with van der Waals surface area (Å²) in [5.74, 6) is 0.557. The molecule has 1 aliphatic heterocycles. The Morgan fingerprint density at radius 3 is 3.04 bits per heavy atom. The Balaban J connectivity index is 1.63. The van der Waals surface area contributed by atoms with Crippen molar-refractivity contribution >= 4 is 17.2 Å². The molecule has 4 rings (SSSR count). The molecule has 0 spiro atoms. The number of pyridine rings is 1. The summed E-state index contributed by atoms with van der Waals surface area (Å²) in [5.41, 5.74) is 1.37. The summed E-state index contributed by atoms with van der Waals surface area (Å²) in [5, 5.41) is 2.89. The Bertz CT molecular complexity index is 877. The van der Waals surface area contributed by atoms with Crippen molar-refractivity contribution in [3.8, 4) is 5.82 Å². The first-order valence-corrected chi connectivity index (χ1v) is 8.86. The Hall–Kier alpha value is -2.58. The maximum Gasteiger partial charge on any atom is 0.273 e. The molecule has 25 heavy (non-hydrogen) atoms. The molecule has 0 aliphatic carbocycles. The van der Waals surface area contributed by atoms with Crippen molar-refractivity contribution < 1.29 is 9.53 Å². The number of aryl methyl sites for hydroxylation is 1. The summed E-state index contributed by atoms with van der Waals surface area (Å²) in [7, 11) is 0. The average molecular weight is 355 g/mol. The molecule has 0 saturated carbocycles. The predicted octanol–water partition coefficient (Wildman–Crippen LogP) is 2.25. The van der Waals surface area contributed by atoms with Gasteiger partial charge in [-0.3, -0.25) is 9.36 Å². The smallest absolute Gasteiger partial charge is 0.273 e. The summed E-state index contributed by atoms with van der Waals surface area (Å²) in [6, 6.07) is 5.25. The third-order valence-corrected chi connectivity index (χ3v) is 5.10. The minimum absolute atomic E-state index is 0.108. The molecule has 4 heterocycles. The van der Waals surface area contributed by atoms with Gasteiger partial charge in [-0.2, -0.15) is 0 Å². The van der Waals surface area contributed by atoms with E-state index in [4.69, 9.17) is 4.74 Å². The normalized spacial score (nSPS) is 17.6. The number of aromatic nitrogens is 4. The molecule has 1 unspecified atom stereocenters. The molecule has 1 atom stereocenters. The first-order chi connectivity index (χ1) is 12.2. The van der Waals surface area contributed by atoms with Crippen molar-refractivity contribution in [3.05, 3.63) is 58.7 Å². The number of carbonyl (C=O) groups excluding carboxylic acids is 1. The lowest BCUT2D eigenvalue weighted by Gasteiger charge is -2.34. The van der Waals surface area contributed by atoms with Gasteiger partial charge in [-0.05, 0) is 19.1 Å². The fourth-order valence-corrected chi connectivity index (χ4v) is 3.70. The molecule has 0 bridgehead atoms. The highest BCUT2D eigenvalue weighted by molar-refractivity contribution is 7.09. The average Bonchev–Trinajstić information content (AvgIpc) is 3.33. The molecule has 1 aliphatic rings. The number of thiazole rings is 1. The first kappa shape index (κ1) is 15.9. The van der Waals surface area contributed by atoms with Crippen LogP contribution in [0.15, 0.2) is 42.3 Å². The quantitative estimate of drug-likeness (QED) is 0.720. The Kier molecular flexibility index (Phi) is 4.29. The van der Waals surface area contributed by atoms with Crippen LogP contribution < -0.4 is 0 Å². The summed E-state index contributed by atoms with van der Waals surface area (Å²) in [4.78, 5) is 27.9. The van der Waals surface area contributed by atoms with Crippen LogP contribution in [0.3, 0.4) is 0 Å². The van der Waals surface area contributed by atoms with Crippen LogP contribution in [0.5, 0.6) is 0 Å². The second kappa shape index (κ2) is 6.73. The van der Waals surface area contributed by atoms with Gasteiger partial charge in [-0.25, -0.2) is 15.0 Å². The maximum atomic E-state index is 13.1. The summed E-state index contributed by atoms with van der Waals surface area (Å²) < 4.78 is 7.36. The number of carbonyl (C=O) groups is 1. The van der Waals surface area contributed by atoms with E-state index < -0.39 is 0 Å². The lowest BCUT2D eigenvalue weighted by Crippen LogP contribution is -2.43. The van der Waals surface area contributed by atoms with Crippen molar-refractivity contribution in [3.63, 3.8) is 0 Å². The van der Waals surface area contributed by atoms with Crippen LogP contribution in [0.2, 0.25) is 0 Å². The molecule has 7 nitrogen and oxygen atoms in total. The zero-order valence-electron chi connectivity index (χ0n) is 13.7. The van der Waals surface area contributed by atoms with Crippen LogP contribution in [0.1, 0.15) is 27.2 Å². The van der Waals surface area contributed by atoms with Gasteiger partial charge >= 0.3 is 0 Å². The van der Waals surface area contributed by atoms with Gasteiger partial charge in [0.05, 0.1) is 13.2 Å². The van der Waals surface area contributed by atoms with Crippen LogP contribution >= 0.6 is 11.3 Å². The number of rotatable bonds is 3. The third-order valence-electron chi connectivity index (χ3n) is 4.03. The Morgan fingerprint density at radius 2 is 2.28 bits per heavy atom. The van der Waals surface area contributed by atoms with E-state index in [1.54, 1.807) is 40.7 Å². The van der Waals surface area contributed by atoms with E-state index in [0.717, 1.165) is 10.7 Å². The highest BCUT2D eigenvalue weighted by Crippen LogP contribution is 2.28. The van der Waals surface area contributed by atoms with Crippen molar-refractivity contribution in [2.24, 2.45) is 0 Å². The van der Waals surface area contributed by atoms with E-state index in [2.05, 4.69) is 15.0 Å². The summed E-state index contributed by atoms with van der Waals surface area (Å²) >= 11 is 1.56. The lowest BCUT2D eigenvalue weighted by molar-refractivity contribution is -0.00308. The van der Waals surface area contributed by atoms with Crippen LogP contribution in [0.4, 0.5) is 0 Å². The van der Waals surface area contributed by atoms with E-state index in [0.29, 0.717) is 31.3 Å². The van der Waals surface area contributed by atoms with E-state index in [-0.39, 0.29) is 11.9 Å². The topological polar surface area (TPSA) is 73.1 Å². The zero-order chi connectivity index (χ0) is 17.2. The van der Waals surface area contributed by atoms with E-state index in [1.807, 2.05) is 29.3 Å². The van der Waals surface area contributed by atoms with E-state index in [9.17, 15) is 4.79 Å². The number of ether oxygens (including phenoxy) is 1. The summed E-state index contributed by atoms with van der Waals surface area (Å²) in [6.07, 6.45) is 5.14. The van der Waals surface area contributed by atoms with Gasteiger partial charge in [0.25, 0.3) is 5.91 Å². The largest absolute Gasteiger partial charge is 0.377 e. The second-order valence-electron chi connectivity index (χ2n) is 5.77. The SMILES string of the molecule is Cc1csc(C2COCCN2C(=O)c2cccc(-n3ccnc3)n2)n1. The van der Waals surface area contributed by atoms with E-state index >= 15 is 0 Å². The van der Waals surface area contributed by atoms with Crippen molar-refractivity contribution in [2.75, 3.05) is 19.8 Å². The zero-order valence-corrected chi connectivity index (χ0v) is 14.5. The molecule has 128 valence electrons. The van der Waals surface area contributed by atoms with Gasteiger partial charge in [0.2, 0.25) is 0 Å². The van der Waals surface area contributed by atoms with Crippen LogP contribution in [0.25, 0.3) is 5.82 Å². The van der Waals surface area contributed by atoms with Gasteiger partial charge in [-0.15, -0.1) is 11.3 Å². The Morgan fingerprint density at radius 1 is 1.36 bits per heavy atom. The maximum absolute atomic E-state index is 13.1. The van der Waals surface area contributed by atoms with Crippen LogP contribution in [-0.2, 0) is 4.74 Å². The highest BCUT2D eigenvalue weighted by Gasteiger charge is 2.32. The van der Waals surface area contributed by atoms with Gasteiger partial charge < -0.3 is 9.64 Å². The molecule has 8 heteroatoms. The summed E-state index contributed by atoms with van der Waals surface area (Å²) in [6.45, 7) is 3.46. The van der Waals surface area contributed by atoms with Crippen LogP contribution in [0, 0.1) is 6.92 Å². The minimum atomic E-state index is -0.168. The first-order valence-electron chi connectivity index (χ1n) is 7.98. The molecule has 1 saturated heterocycles. The second-order valence-corrected chi connectivity index (χ2v) is 6.66. The standard InChI is InChI=1S/C17H17N5O2S/c1-12-10-25-16(19-12)14-9-24-8-7-22(14)17(23)13-3-2-4-15(20-13)21-6-5-18-11-21/h2-6,10-11,14H,7-9H2,1H3. The van der Waals surface area contributed by atoms with Gasteiger partial charge in [0.1, 0.15) is 28.9 Å². The van der Waals surface area contributed by atoms with Crippen molar-refractivity contribution in [2.45, 2.75) is 13.0 Å². The molecule has 0 aromatic carbocycles. The highest BCUT2D eigenvalue weighted by atomic mass is 32.1. The fraction of sp³-hybridized carbons (Fsp3) is 0.294. The van der Waals surface area contributed by atoms with Gasteiger partial charge in [-0.1, -0.05) is 6.07 Å². The molecule has 1 fully saturated rings. The number of hydrogen-bond acceptors (Lipinski definition) is 6. The monoisotopic (exact) mass is 355 g/mol. The van der Waals surface area contributed by atoms with E-state index in [1.165, 1.54) is 0 Å². The molecule has 0 radical (unpaired) electrons. The number of nitrogens with zero attached hydrogens (tertiary/aromatic N) is 5. The fourth-order valence-electron chi connectivity index (χ4n) is 2.80. The molecule has 0 N–H and O–H groups in total. The minimum Gasteiger partial charge on any atom is -0.377 e. The molecule has 3 aromatic rings. The van der Waals surface area contributed by atoms with Crippen molar-refractivity contribution in [1.82, 2.24) is 24.4 Å². The third kappa shape index (κ3) is 3.18. The molecular formula is C17H17N5O2S. The Labute approximate surface area is 148 Å². The predicted molar refractivity (Wildman–Crippen MR) is 92.8 cm³/mol. The number of amides is 1. The number of morpholine rings is 1. The van der Waals surface area contributed by atoms with Crippen molar-refractivity contribution in [1.29, 1.82) is 0 Å². The molecule has 3 aromatic heterocycles. The van der Waals surface area contributed by atoms with Gasteiger partial charge in [0.15, 0.2) is 0 Å². The number of imidazole rings is 1. The molecular weight excluding hydrogens is 338 g/mol. The molecule has 1 amide bonds. The van der Waals surface area contributed by atoms with Gasteiger partial charge in [0, 0.05) is 30.0 Å². The van der Waals surface area contributed by atoms with Crippen LogP contribution in [-0.4, -0.2) is 50.1 Å². The lowest BCUT2D eigenvalue weighted by atomic mass is 10.2. The number of hydrogen-bond donors (Lipinski definition) is 0.